The van der Waals surface area contributed by atoms with E-state index < -0.39 is 24.2 Å². The molecule has 1 heterocycles. The van der Waals surface area contributed by atoms with Crippen molar-refractivity contribution in [2.24, 2.45) is 0 Å². The van der Waals surface area contributed by atoms with Crippen molar-refractivity contribution in [3.63, 3.8) is 0 Å². The molecule has 2 atom stereocenters. The van der Waals surface area contributed by atoms with E-state index in [2.05, 4.69) is 10.3 Å². The number of aliphatic hydroxyl groups excluding tert-OH is 1. The molecule has 132 valence electrons. The molecule has 0 saturated carbocycles. The number of amides is 1. The molecule has 0 bridgehead atoms. The summed E-state index contributed by atoms with van der Waals surface area (Å²) in [4.78, 5) is 27.1. The minimum atomic E-state index is -1.58. The van der Waals surface area contributed by atoms with E-state index in [4.69, 9.17) is 9.47 Å². The average molecular weight is 346 g/mol. The first kappa shape index (κ1) is 18.2. The highest BCUT2D eigenvalue weighted by molar-refractivity contribution is 5.80. The Balaban J connectivity index is 1.99. The molecule has 0 unspecified atom stereocenters. The number of aromatic nitrogens is 1. The predicted molar refractivity (Wildman–Crippen MR) is 86.9 cm³/mol. The number of nitrogens with zero attached hydrogens (tertiary/aromatic N) is 1. The number of carboxylic acids is 1. The maximum Gasteiger partial charge on any atom is 0.408 e. The van der Waals surface area contributed by atoms with Gasteiger partial charge in [0.1, 0.15) is 12.7 Å². The molecule has 0 fully saturated rings. The van der Waals surface area contributed by atoms with Gasteiger partial charge in [-0.3, -0.25) is 0 Å². The molecule has 1 amide bonds. The van der Waals surface area contributed by atoms with E-state index in [0.29, 0.717) is 5.88 Å². The molecule has 8 nitrogen and oxygen atoms in total. The Kier molecular flexibility index (Phi) is 6.30. The fourth-order valence-corrected chi connectivity index (χ4v) is 2.05. The van der Waals surface area contributed by atoms with Crippen molar-refractivity contribution in [2.45, 2.75) is 18.8 Å². The maximum atomic E-state index is 11.8. The molecule has 8 heteroatoms. The fraction of sp³-hybridized carbons (Fsp3) is 0.235. The van der Waals surface area contributed by atoms with Gasteiger partial charge in [-0.25, -0.2) is 14.6 Å². The summed E-state index contributed by atoms with van der Waals surface area (Å²) < 4.78 is 9.87. The van der Waals surface area contributed by atoms with Crippen LogP contribution in [0.3, 0.4) is 0 Å². The number of methoxy groups -OCH3 is 1. The van der Waals surface area contributed by atoms with Crippen molar-refractivity contribution in [2.75, 3.05) is 7.11 Å². The number of aliphatic carboxylic acids is 1. The van der Waals surface area contributed by atoms with Crippen LogP contribution in [-0.4, -0.2) is 40.4 Å². The highest BCUT2D eigenvalue weighted by Gasteiger charge is 2.30. The van der Waals surface area contributed by atoms with Gasteiger partial charge in [0.25, 0.3) is 0 Å². The number of ether oxygens (including phenoxy) is 2. The van der Waals surface area contributed by atoms with Gasteiger partial charge in [0, 0.05) is 17.8 Å². The highest BCUT2D eigenvalue weighted by atomic mass is 16.5. The number of rotatable bonds is 7. The van der Waals surface area contributed by atoms with Crippen LogP contribution in [0.15, 0.2) is 48.7 Å². The van der Waals surface area contributed by atoms with Crippen LogP contribution in [0.4, 0.5) is 4.79 Å². The number of carbonyl (C=O) groups excluding carboxylic acids is 1. The number of carbonyl (C=O) groups is 2. The normalized spacial score (nSPS) is 12.7. The minimum Gasteiger partial charge on any atom is -0.481 e. The topological polar surface area (TPSA) is 118 Å². The second-order valence-electron chi connectivity index (χ2n) is 5.10. The average Bonchev–Trinajstić information content (AvgIpc) is 2.64. The first-order valence-corrected chi connectivity index (χ1v) is 7.39. The third kappa shape index (κ3) is 5.18. The molecule has 0 aliphatic heterocycles. The molecule has 1 aromatic heterocycles. The Bertz CT molecular complexity index is 705. The van der Waals surface area contributed by atoms with E-state index in [-0.39, 0.29) is 12.2 Å². The second-order valence-corrected chi connectivity index (χ2v) is 5.10. The summed E-state index contributed by atoms with van der Waals surface area (Å²) in [5.41, 5.74) is 0.973. The van der Waals surface area contributed by atoms with Gasteiger partial charge in [-0.15, -0.1) is 0 Å². The van der Waals surface area contributed by atoms with Crippen LogP contribution in [0.2, 0.25) is 0 Å². The molecular weight excluding hydrogens is 328 g/mol. The summed E-state index contributed by atoms with van der Waals surface area (Å²) in [6, 6.07) is 10.3. The quantitative estimate of drug-likeness (QED) is 0.695. The predicted octanol–water partition coefficient (Wildman–Crippen LogP) is 1.50. The monoisotopic (exact) mass is 346 g/mol. The Morgan fingerprint density at radius 3 is 2.48 bits per heavy atom. The SMILES string of the molecule is COc1ccc([C@H](O)[C@@H](NC(=O)OCc2ccccc2)C(=O)O)cn1. The van der Waals surface area contributed by atoms with Crippen LogP contribution in [0.25, 0.3) is 0 Å². The van der Waals surface area contributed by atoms with Gasteiger partial charge in [0.2, 0.25) is 5.88 Å². The van der Waals surface area contributed by atoms with Crippen molar-refractivity contribution in [1.29, 1.82) is 0 Å². The van der Waals surface area contributed by atoms with Crippen LogP contribution in [0, 0.1) is 0 Å². The summed E-state index contributed by atoms with van der Waals surface area (Å²) in [6.07, 6.45) is -1.17. The van der Waals surface area contributed by atoms with Gasteiger partial charge in [-0.05, 0) is 11.6 Å². The van der Waals surface area contributed by atoms with Crippen LogP contribution >= 0.6 is 0 Å². The number of benzene rings is 1. The van der Waals surface area contributed by atoms with Crippen molar-refractivity contribution < 1.29 is 29.3 Å². The number of nitrogens with one attached hydrogen (secondary N) is 1. The Morgan fingerprint density at radius 2 is 1.92 bits per heavy atom. The van der Waals surface area contributed by atoms with E-state index in [0.717, 1.165) is 5.56 Å². The summed E-state index contributed by atoms with van der Waals surface area (Å²) in [5, 5.41) is 21.6. The minimum absolute atomic E-state index is 0.0147. The van der Waals surface area contributed by atoms with Gasteiger partial charge in [-0.2, -0.15) is 0 Å². The smallest absolute Gasteiger partial charge is 0.408 e. The van der Waals surface area contributed by atoms with Gasteiger partial charge in [-0.1, -0.05) is 30.3 Å². The lowest BCUT2D eigenvalue weighted by Gasteiger charge is -2.20. The zero-order valence-corrected chi connectivity index (χ0v) is 13.5. The first-order chi connectivity index (χ1) is 12.0. The molecule has 0 aliphatic rings. The lowest BCUT2D eigenvalue weighted by molar-refractivity contribution is -0.142. The Hall–Kier alpha value is -3.13. The third-order valence-corrected chi connectivity index (χ3v) is 3.38. The number of pyridine rings is 1. The Labute approximate surface area is 144 Å². The van der Waals surface area contributed by atoms with Crippen LogP contribution in [-0.2, 0) is 16.1 Å². The van der Waals surface area contributed by atoms with Gasteiger partial charge >= 0.3 is 12.1 Å². The lowest BCUT2D eigenvalue weighted by atomic mass is 10.0. The van der Waals surface area contributed by atoms with Crippen LogP contribution < -0.4 is 10.1 Å². The number of hydrogen-bond acceptors (Lipinski definition) is 6. The largest absolute Gasteiger partial charge is 0.481 e. The molecule has 0 saturated heterocycles. The molecule has 25 heavy (non-hydrogen) atoms. The van der Waals surface area contributed by atoms with Crippen molar-refractivity contribution in [1.82, 2.24) is 10.3 Å². The lowest BCUT2D eigenvalue weighted by Crippen LogP contribution is -2.45. The Morgan fingerprint density at radius 1 is 1.20 bits per heavy atom. The van der Waals surface area contributed by atoms with Gasteiger partial charge in [0.05, 0.1) is 7.11 Å². The molecule has 0 aliphatic carbocycles. The van der Waals surface area contributed by atoms with Gasteiger partial charge < -0.3 is 25.0 Å². The summed E-state index contributed by atoms with van der Waals surface area (Å²) in [7, 11) is 1.43. The molecule has 2 rings (SSSR count). The van der Waals surface area contributed by atoms with Gasteiger partial charge in [0.15, 0.2) is 6.04 Å². The van der Waals surface area contributed by atoms with E-state index in [1.54, 1.807) is 24.3 Å². The number of carboxylic acid groups (broad SMARTS) is 1. The summed E-state index contributed by atoms with van der Waals surface area (Å²) in [6.45, 7) is -0.0147. The fourth-order valence-electron chi connectivity index (χ4n) is 2.05. The summed E-state index contributed by atoms with van der Waals surface area (Å²) >= 11 is 0. The van der Waals surface area contributed by atoms with Crippen molar-refractivity contribution in [3.8, 4) is 5.88 Å². The molecular formula is C17H18N2O6. The zero-order valence-electron chi connectivity index (χ0n) is 13.5. The maximum absolute atomic E-state index is 11.8. The second kappa shape index (κ2) is 8.65. The number of hydrogen-bond donors (Lipinski definition) is 3. The molecule has 0 radical (unpaired) electrons. The number of aliphatic hydroxyl groups is 1. The van der Waals surface area contributed by atoms with E-state index in [9.17, 15) is 19.8 Å². The third-order valence-electron chi connectivity index (χ3n) is 3.38. The van der Waals surface area contributed by atoms with Crippen molar-refractivity contribution >= 4 is 12.1 Å². The first-order valence-electron chi connectivity index (χ1n) is 7.39. The zero-order chi connectivity index (χ0) is 18.2. The highest BCUT2D eigenvalue weighted by Crippen LogP contribution is 2.18. The van der Waals surface area contributed by atoms with E-state index in [1.165, 1.54) is 25.4 Å². The van der Waals surface area contributed by atoms with Crippen LogP contribution in [0.1, 0.15) is 17.2 Å². The van der Waals surface area contributed by atoms with Crippen molar-refractivity contribution in [3.05, 3.63) is 59.8 Å². The molecule has 2 aromatic rings. The molecule has 1 aromatic carbocycles. The molecule has 0 spiro atoms. The summed E-state index contributed by atoms with van der Waals surface area (Å²) in [5.74, 6) is -1.09. The molecule has 3 N–H and O–H groups in total. The number of alkyl carbamates (subject to hydrolysis) is 1. The standard InChI is InChI=1S/C17H18N2O6/c1-24-13-8-7-12(9-18-13)15(20)14(16(21)22)19-17(23)25-10-11-5-3-2-4-6-11/h2-9,14-15,20H,10H2,1H3,(H,19,23)(H,21,22)/t14-,15+/m1/s1. The van der Waals surface area contributed by atoms with E-state index in [1.807, 2.05) is 6.07 Å². The van der Waals surface area contributed by atoms with Crippen LogP contribution in [0.5, 0.6) is 5.88 Å². The van der Waals surface area contributed by atoms with E-state index >= 15 is 0 Å².